The maximum Gasteiger partial charge on any atom is 0.341 e. The molecule has 5 heterocycles. The van der Waals surface area contributed by atoms with E-state index in [0.717, 1.165) is 37.4 Å². The molecule has 3 aromatic rings. The van der Waals surface area contributed by atoms with E-state index in [1.807, 2.05) is 4.90 Å². The maximum absolute atomic E-state index is 12.9. The number of carboxylic acids is 1. The fraction of sp³-hybridized carbons (Fsp3) is 0.500. The number of nitrogens with zero attached hydrogens (tertiary/aromatic N) is 5. The summed E-state index contributed by atoms with van der Waals surface area (Å²) in [4.78, 5) is 48.4. The van der Waals surface area contributed by atoms with Crippen LogP contribution < -0.4 is 10.3 Å². The lowest BCUT2D eigenvalue weighted by molar-refractivity contribution is -0.126. The molecule has 0 spiro atoms. The molecule has 35 heavy (non-hydrogen) atoms. The van der Waals surface area contributed by atoms with Crippen LogP contribution in [-0.4, -0.2) is 61.6 Å². The highest BCUT2D eigenvalue weighted by atomic mass is 32.1. The summed E-state index contributed by atoms with van der Waals surface area (Å²) in [6, 6.07) is 1.78. The second-order valence-corrected chi connectivity index (χ2v) is 10.2. The Kier molecular flexibility index (Phi) is 6.37. The van der Waals surface area contributed by atoms with Gasteiger partial charge in [0.2, 0.25) is 10.6 Å². The Morgan fingerprint density at radius 3 is 2.77 bits per heavy atom. The molecule has 0 aromatic carbocycles. The van der Waals surface area contributed by atoms with Crippen LogP contribution in [0.25, 0.3) is 16.2 Å². The molecule has 0 aliphatic carbocycles. The number of rotatable bonds is 7. The summed E-state index contributed by atoms with van der Waals surface area (Å²) in [5, 5.41) is 10.2. The van der Waals surface area contributed by atoms with Gasteiger partial charge >= 0.3 is 5.97 Å². The van der Waals surface area contributed by atoms with Gasteiger partial charge < -0.3 is 14.7 Å². The van der Waals surface area contributed by atoms with Gasteiger partial charge in [-0.05, 0) is 43.7 Å². The van der Waals surface area contributed by atoms with Gasteiger partial charge in [0.1, 0.15) is 23.5 Å². The van der Waals surface area contributed by atoms with E-state index in [1.54, 1.807) is 13.0 Å². The zero-order valence-corrected chi connectivity index (χ0v) is 20.5. The molecule has 5 rings (SSSR count). The number of carbonyl (C=O) groups excluding carboxylic acids is 1. The molecule has 3 aromatic heterocycles. The zero-order valence-electron chi connectivity index (χ0n) is 19.6. The van der Waals surface area contributed by atoms with Crippen molar-refractivity contribution >= 4 is 40.1 Å². The van der Waals surface area contributed by atoms with Gasteiger partial charge in [-0.1, -0.05) is 6.92 Å². The second kappa shape index (κ2) is 9.46. The second-order valence-electron chi connectivity index (χ2n) is 9.42. The average molecular weight is 498 g/mol. The Bertz CT molecular complexity index is 1330. The quantitative estimate of drug-likeness (QED) is 0.524. The molecule has 2 aliphatic heterocycles. The average Bonchev–Trinajstić information content (AvgIpc) is 3.33. The van der Waals surface area contributed by atoms with Crippen molar-refractivity contribution in [1.82, 2.24) is 18.9 Å². The first-order valence-electron chi connectivity index (χ1n) is 11.8. The van der Waals surface area contributed by atoms with E-state index in [2.05, 4.69) is 16.3 Å². The SMILES string of the molecule is Cc1cc(N2CC(C(=O)CC(C)C3CCCCO3)C2)nc2c1c(=O)c(C(=O)O)cn2-c1ncns1. The highest BCUT2D eigenvalue weighted by Gasteiger charge is 2.35. The first-order valence-corrected chi connectivity index (χ1v) is 12.6. The van der Waals surface area contributed by atoms with Gasteiger partial charge in [0, 0.05) is 43.8 Å². The third-order valence-corrected chi connectivity index (χ3v) is 7.63. The molecule has 2 aliphatic rings. The number of hydrogen-bond donors (Lipinski definition) is 1. The first kappa shape index (κ1) is 23.6. The van der Waals surface area contributed by atoms with Crippen LogP contribution in [0.2, 0.25) is 0 Å². The van der Waals surface area contributed by atoms with Gasteiger partial charge in [0.25, 0.3) is 0 Å². The van der Waals surface area contributed by atoms with E-state index >= 15 is 0 Å². The highest BCUT2D eigenvalue weighted by molar-refractivity contribution is 7.08. The van der Waals surface area contributed by atoms with Crippen LogP contribution >= 0.6 is 11.5 Å². The zero-order chi connectivity index (χ0) is 24.7. The fourth-order valence-electron chi connectivity index (χ4n) is 4.91. The van der Waals surface area contributed by atoms with Gasteiger partial charge in [-0.25, -0.2) is 14.8 Å². The summed E-state index contributed by atoms with van der Waals surface area (Å²) in [5.41, 5.74) is 0.00947. The molecule has 2 unspecified atom stereocenters. The van der Waals surface area contributed by atoms with Crippen molar-refractivity contribution in [3.8, 4) is 5.13 Å². The third-order valence-electron chi connectivity index (χ3n) is 6.96. The molecule has 0 amide bonds. The molecule has 0 saturated carbocycles. The number of ether oxygens (including phenoxy) is 1. The lowest BCUT2D eigenvalue weighted by atomic mass is 9.86. The van der Waals surface area contributed by atoms with E-state index < -0.39 is 11.4 Å². The lowest BCUT2D eigenvalue weighted by Gasteiger charge is -2.40. The number of ketones is 1. The minimum absolute atomic E-state index is 0.0569. The van der Waals surface area contributed by atoms with E-state index in [1.165, 1.54) is 17.1 Å². The van der Waals surface area contributed by atoms with Crippen molar-refractivity contribution in [3.63, 3.8) is 0 Å². The predicted molar refractivity (Wildman–Crippen MR) is 131 cm³/mol. The number of carbonyl (C=O) groups is 2. The molecular weight excluding hydrogens is 470 g/mol. The molecule has 0 bridgehead atoms. The van der Waals surface area contributed by atoms with Crippen LogP contribution in [0.5, 0.6) is 0 Å². The summed E-state index contributed by atoms with van der Waals surface area (Å²) >= 11 is 1.08. The Morgan fingerprint density at radius 2 is 2.11 bits per heavy atom. The van der Waals surface area contributed by atoms with Crippen LogP contribution in [0.3, 0.4) is 0 Å². The maximum atomic E-state index is 12.9. The summed E-state index contributed by atoms with van der Waals surface area (Å²) in [7, 11) is 0. The summed E-state index contributed by atoms with van der Waals surface area (Å²) in [6.45, 7) is 5.76. The molecule has 2 atom stereocenters. The van der Waals surface area contributed by atoms with Crippen molar-refractivity contribution in [2.24, 2.45) is 11.8 Å². The number of fused-ring (bicyclic) bond motifs is 1. The van der Waals surface area contributed by atoms with Crippen molar-refractivity contribution in [1.29, 1.82) is 0 Å². The Labute approximate surface area is 205 Å². The molecule has 11 heteroatoms. The molecule has 184 valence electrons. The van der Waals surface area contributed by atoms with Crippen molar-refractivity contribution < 1.29 is 19.4 Å². The summed E-state index contributed by atoms with van der Waals surface area (Å²) < 4.78 is 11.3. The molecule has 10 nitrogen and oxygen atoms in total. The monoisotopic (exact) mass is 497 g/mol. The number of pyridine rings is 2. The Hall–Kier alpha value is -3.18. The van der Waals surface area contributed by atoms with E-state index in [9.17, 15) is 19.5 Å². The molecular formula is C24H27N5O5S. The van der Waals surface area contributed by atoms with Crippen molar-refractivity contribution in [3.05, 3.63) is 39.9 Å². The Balaban J connectivity index is 1.39. The molecule has 2 saturated heterocycles. The van der Waals surface area contributed by atoms with Crippen LogP contribution in [-0.2, 0) is 9.53 Å². The van der Waals surface area contributed by atoms with Crippen LogP contribution in [0.1, 0.15) is 48.5 Å². The largest absolute Gasteiger partial charge is 0.477 e. The number of aromatic carboxylic acids is 1. The minimum atomic E-state index is -1.31. The number of aromatic nitrogens is 4. The standard InChI is InChI=1S/C24H27N5O5S/c1-13(18-5-3-4-6-34-18)7-17(30)15-9-28(10-15)19-8-14(2)20-21(31)16(23(32)33)11-29(22(20)27-19)24-25-12-26-35-24/h8,11-13,15,18H,3-7,9-10H2,1-2H3,(H,32,33). The number of aryl methyl sites for hydroxylation is 1. The summed E-state index contributed by atoms with van der Waals surface area (Å²) in [6.07, 6.45) is 6.57. The number of carboxylic acid groups (broad SMARTS) is 1. The van der Waals surface area contributed by atoms with Gasteiger partial charge in [-0.3, -0.25) is 14.2 Å². The number of anilines is 1. The van der Waals surface area contributed by atoms with Gasteiger partial charge in [-0.15, -0.1) is 0 Å². The van der Waals surface area contributed by atoms with E-state index in [4.69, 9.17) is 9.72 Å². The predicted octanol–water partition coefficient (Wildman–Crippen LogP) is 2.84. The highest BCUT2D eigenvalue weighted by Crippen LogP contribution is 2.30. The van der Waals surface area contributed by atoms with E-state index in [0.29, 0.717) is 41.7 Å². The van der Waals surface area contributed by atoms with E-state index in [-0.39, 0.29) is 34.7 Å². The number of hydrogen-bond acceptors (Lipinski definition) is 9. The van der Waals surface area contributed by atoms with Gasteiger partial charge in [0.15, 0.2) is 5.65 Å². The first-order chi connectivity index (χ1) is 16.8. The normalized spacial score (nSPS) is 19.5. The van der Waals surface area contributed by atoms with Gasteiger partial charge in [-0.2, -0.15) is 4.37 Å². The van der Waals surface area contributed by atoms with Crippen molar-refractivity contribution in [2.45, 2.75) is 45.6 Å². The molecule has 0 radical (unpaired) electrons. The van der Waals surface area contributed by atoms with Crippen LogP contribution in [0.15, 0.2) is 23.4 Å². The topological polar surface area (TPSA) is 128 Å². The number of Topliss-reactive ketones (excluding diaryl/α,β-unsaturated/α-hetero) is 1. The summed E-state index contributed by atoms with van der Waals surface area (Å²) in [5.74, 6) is -0.266. The fourth-order valence-corrected chi connectivity index (χ4v) is 5.42. The molecule has 2 fully saturated rings. The van der Waals surface area contributed by atoms with Crippen LogP contribution in [0, 0.1) is 18.8 Å². The molecule has 1 N–H and O–H groups in total. The smallest absolute Gasteiger partial charge is 0.341 e. The van der Waals surface area contributed by atoms with Crippen molar-refractivity contribution in [2.75, 3.05) is 24.6 Å². The minimum Gasteiger partial charge on any atom is -0.477 e. The Morgan fingerprint density at radius 1 is 1.31 bits per heavy atom. The third kappa shape index (κ3) is 4.45. The lowest BCUT2D eigenvalue weighted by Crippen LogP contribution is -2.51. The van der Waals surface area contributed by atoms with Gasteiger partial charge in [0.05, 0.1) is 17.4 Å². The van der Waals surface area contributed by atoms with Crippen LogP contribution in [0.4, 0.5) is 5.82 Å².